The third kappa shape index (κ3) is 3.34. The smallest absolute Gasteiger partial charge is 0.267 e. The van der Waals surface area contributed by atoms with Gasteiger partial charge in [-0.2, -0.15) is 0 Å². The highest BCUT2D eigenvalue weighted by atomic mass is 35.5. The number of rotatable bonds is 3. The molecule has 0 aliphatic heterocycles. The zero-order valence-corrected chi connectivity index (χ0v) is 15.8. The van der Waals surface area contributed by atoms with Gasteiger partial charge in [0, 0.05) is 20.8 Å². The Labute approximate surface area is 165 Å². The molecule has 4 aromatic rings. The molecule has 3 aromatic carbocycles. The zero-order valence-electron chi connectivity index (χ0n) is 13.5. The van der Waals surface area contributed by atoms with Crippen LogP contribution in [0.25, 0.3) is 21.2 Å². The number of carbonyl (C=O) groups is 1. The molecule has 0 fully saturated rings. The molecule has 0 saturated carbocycles. The Kier molecular flexibility index (Phi) is 4.68. The minimum Gasteiger partial charge on any atom is -0.321 e. The third-order valence-electron chi connectivity index (χ3n) is 4.06. The van der Waals surface area contributed by atoms with E-state index in [2.05, 4.69) is 5.32 Å². The maximum Gasteiger partial charge on any atom is 0.267 e. The van der Waals surface area contributed by atoms with Crippen molar-refractivity contribution in [1.29, 1.82) is 0 Å². The molecule has 1 aromatic heterocycles. The van der Waals surface area contributed by atoms with Crippen molar-refractivity contribution >= 4 is 56.2 Å². The second-order valence-corrected chi connectivity index (χ2v) is 7.65. The molecule has 0 aliphatic carbocycles. The summed E-state index contributed by atoms with van der Waals surface area (Å²) in [5, 5.41) is 5.03. The number of fused-ring (bicyclic) bond motifs is 1. The van der Waals surface area contributed by atoms with Crippen molar-refractivity contribution < 1.29 is 4.79 Å². The van der Waals surface area contributed by atoms with Gasteiger partial charge in [-0.3, -0.25) is 4.79 Å². The second kappa shape index (κ2) is 7.12. The summed E-state index contributed by atoms with van der Waals surface area (Å²) in [6.07, 6.45) is 0. The topological polar surface area (TPSA) is 29.1 Å². The van der Waals surface area contributed by atoms with Crippen molar-refractivity contribution in [3.8, 4) is 11.1 Å². The molecule has 4 rings (SSSR count). The van der Waals surface area contributed by atoms with Gasteiger partial charge in [-0.15, -0.1) is 11.3 Å². The van der Waals surface area contributed by atoms with Crippen LogP contribution in [-0.4, -0.2) is 5.91 Å². The van der Waals surface area contributed by atoms with Crippen molar-refractivity contribution in [2.75, 3.05) is 5.32 Å². The van der Waals surface area contributed by atoms with E-state index in [4.69, 9.17) is 23.2 Å². The van der Waals surface area contributed by atoms with Crippen LogP contribution in [0.4, 0.5) is 5.69 Å². The van der Waals surface area contributed by atoms with Crippen LogP contribution in [0.2, 0.25) is 10.0 Å². The predicted octanol–water partition coefficient (Wildman–Crippen LogP) is 7.13. The average molecular weight is 398 g/mol. The predicted molar refractivity (Wildman–Crippen MR) is 112 cm³/mol. The Balaban J connectivity index is 1.55. The molecule has 1 amide bonds. The van der Waals surface area contributed by atoms with Gasteiger partial charge in [0.05, 0.1) is 5.02 Å². The number of thiophene rings is 1. The standard InChI is InChI=1S/C21H13Cl2NOS/c22-15-9-5-13(6-10-15)14-7-11-16(12-8-14)24-21(25)20-19(23)17-3-1-2-4-18(17)26-20/h1-12H,(H,24,25). The van der Waals surface area contributed by atoms with E-state index in [1.54, 1.807) is 0 Å². The van der Waals surface area contributed by atoms with Crippen LogP contribution in [0.3, 0.4) is 0 Å². The maximum atomic E-state index is 12.6. The summed E-state index contributed by atoms with van der Waals surface area (Å²) in [7, 11) is 0. The summed E-state index contributed by atoms with van der Waals surface area (Å²) >= 11 is 13.7. The lowest BCUT2D eigenvalue weighted by atomic mass is 10.1. The molecule has 0 unspecified atom stereocenters. The summed E-state index contributed by atoms with van der Waals surface area (Å²) in [5.41, 5.74) is 2.85. The number of anilines is 1. The molecule has 1 N–H and O–H groups in total. The Morgan fingerprint density at radius 2 is 1.42 bits per heavy atom. The summed E-state index contributed by atoms with van der Waals surface area (Å²) in [6.45, 7) is 0. The lowest BCUT2D eigenvalue weighted by Gasteiger charge is -2.06. The lowest BCUT2D eigenvalue weighted by molar-refractivity contribution is 0.103. The number of carbonyl (C=O) groups excluding carboxylic acids is 1. The minimum atomic E-state index is -0.199. The fraction of sp³-hybridized carbons (Fsp3) is 0. The van der Waals surface area contributed by atoms with E-state index in [1.807, 2.05) is 72.8 Å². The van der Waals surface area contributed by atoms with E-state index in [0.29, 0.717) is 14.9 Å². The molecule has 0 saturated heterocycles. The Morgan fingerprint density at radius 3 is 2.08 bits per heavy atom. The van der Waals surface area contributed by atoms with E-state index < -0.39 is 0 Å². The Hall–Kier alpha value is -2.33. The zero-order chi connectivity index (χ0) is 18.1. The van der Waals surface area contributed by atoms with E-state index in [1.165, 1.54) is 11.3 Å². The van der Waals surface area contributed by atoms with E-state index >= 15 is 0 Å². The molecule has 2 nitrogen and oxygen atoms in total. The first-order chi connectivity index (χ1) is 12.6. The van der Waals surface area contributed by atoms with Gasteiger partial charge in [0.15, 0.2) is 0 Å². The fourth-order valence-corrected chi connectivity index (χ4v) is 4.27. The van der Waals surface area contributed by atoms with Gasteiger partial charge in [-0.25, -0.2) is 0 Å². The van der Waals surface area contributed by atoms with Gasteiger partial charge in [0.25, 0.3) is 5.91 Å². The first kappa shape index (κ1) is 17.1. The molecule has 0 aliphatic rings. The number of benzene rings is 3. The van der Waals surface area contributed by atoms with Crippen LogP contribution in [0, 0.1) is 0 Å². The number of amides is 1. The van der Waals surface area contributed by atoms with Crippen LogP contribution in [0.1, 0.15) is 9.67 Å². The van der Waals surface area contributed by atoms with Crippen LogP contribution < -0.4 is 5.32 Å². The van der Waals surface area contributed by atoms with Gasteiger partial charge < -0.3 is 5.32 Å². The molecule has 0 spiro atoms. The lowest BCUT2D eigenvalue weighted by Crippen LogP contribution is -2.10. The van der Waals surface area contributed by atoms with Crippen molar-refractivity contribution in [2.45, 2.75) is 0 Å². The van der Waals surface area contributed by atoms with E-state index in [0.717, 1.165) is 26.9 Å². The van der Waals surface area contributed by atoms with Gasteiger partial charge >= 0.3 is 0 Å². The van der Waals surface area contributed by atoms with E-state index in [9.17, 15) is 4.79 Å². The van der Waals surface area contributed by atoms with Gasteiger partial charge in [0.1, 0.15) is 4.88 Å². The fourth-order valence-electron chi connectivity index (χ4n) is 2.74. The van der Waals surface area contributed by atoms with Gasteiger partial charge in [-0.1, -0.05) is 65.7 Å². The first-order valence-electron chi connectivity index (χ1n) is 7.96. The summed E-state index contributed by atoms with van der Waals surface area (Å²) in [6, 6.07) is 23.1. The minimum absolute atomic E-state index is 0.199. The molecule has 26 heavy (non-hydrogen) atoms. The average Bonchev–Trinajstić information content (AvgIpc) is 3.00. The van der Waals surface area contributed by atoms with Crippen molar-refractivity contribution in [2.24, 2.45) is 0 Å². The summed E-state index contributed by atoms with van der Waals surface area (Å²) in [5.74, 6) is -0.199. The number of halogens is 2. The largest absolute Gasteiger partial charge is 0.321 e. The molecule has 5 heteroatoms. The first-order valence-corrected chi connectivity index (χ1v) is 9.53. The van der Waals surface area contributed by atoms with E-state index in [-0.39, 0.29) is 5.91 Å². The highest BCUT2D eigenvalue weighted by Crippen LogP contribution is 2.35. The van der Waals surface area contributed by atoms with Crippen LogP contribution in [-0.2, 0) is 0 Å². The SMILES string of the molecule is O=C(Nc1ccc(-c2ccc(Cl)cc2)cc1)c1sc2ccccc2c1Cl. The summed E-state index contributed by atoms with van der Waals surface area (Å²) in [4.78, 5) is 13.1. The van der Waals surface area contributed by atoms with Crippen molar-refractivity contribution in [3.05, 3.63) is 87.7 Å². The Bertz CT molecular complexity index is 1090. The quantitative estimate of drug-likeness (QED) is 0.391. The van der Waals surface area contributed by atoms with Crippen molar-refractivity contribution in [3.63, 3.8) is 0 Å². The number of hydrogen-bond donors (Lipinski definition) is 1. The Morgan fingerprint density at radius 1 is 0.808 bits per heavy atom. The third-order valence-corrected chi connectivity index (χ3v) is 5.99. The van der Waals surface area contributed by atoms with Gasteiger partial charge in [-0.05, 0) is 41.5 Å². The molecule has 0 bridgehead atoms. The van der Waals surface area contributed by atoms with Crippen LogP contribution in [0.15, 0.2) is 72.8 Å². The molecule has 128 valence electrons. The monoisotopic (exact) mass is 397 g/mol. The highest BCUT2D eigenvalue weighted by molar-refractivity contribution is 7.21. The molecule has 0 radical (unpaired) electrons. The number of hydrogen-bond acceptors (Lipinski definition) is 2. The highest BCUT2D eigenvalue weighted by Gasteiger charge is 2.17. The van der Waals surface area contributed by atoms with Crippen LogP contribution in [0.5, 0.6) is 0 Å². The molecular weight excluding hydrogens is 385 g/mol. The molecule has 0 atom stereocenters. The van der Waals surface area contributed by atoms with Gasteiger partial charge in [0.2, 0.25) is 0 Å². The molecular formula is C21H13Cl2NOS. The maximum absolute atomic E-state index is 12.6. The molecule has 1 heterocycles. The summed E-state index contributed by atoms with van der Waals surface area (Å²) < 4.78 is 1.00. The second-order valence-electron chi connectivity index (χ2n) is 5.78. The number of nitrogens with one attached hydrogen (secondary N) is 1. The van der Waals surface area contributed by atoms with Crippen LogP contribution >= 0.6 is 34.5 Å². The normalized spacial score (nSPS) is 10.8. The van der Waals surface area contributed by atoms with Crippen molar-refractivity contribution in [1.82, 2.24) is 0 Å².